The van der Waals surface area contributed by atoms with Crippen molar-refractivity contribution in [2.45, 2.75) is 32.6 Å². The smallest absolute Gasteiger partial charge is 0.262 e. The maximum atomic E-state index is 12.8. The predicted octanol–water partition coefficient (Wildman–Crippen LogP) is 1.79. The summed E-state index contributed by atoms with van der Waals surface area (Å²) in [4.78, 5) is 37.5. The van der Waals surface area contributed by atoms with Gasteiger partial charge in [0.1, 0.15) is 5.75 Å². The van der Waals surface area contributed by atoms with E-state index in [0.29, 0.717) is 49.0 Å². The van der Waals surface area contributed by atoms with Gasteiger partial charge in [-0.25, -0.2) is 0 Å². The van der Waals surface area contributed by atoms with Gasteiger partial charge in [-0.3, -0.25) is 14.4 Å². The van der Waals surface area contributed by atoms with Crippen LogP contribution in [0.1, 0.15) is 43.0 Å². The quantitative estimate of drug-likeness (QED) is 0.858. The number of rotatable bonds is 4. The number of benzene rings is 1. The third kappa shape index (κ3) is 4.33. The number of nitrogens with zero attached hydrogens (tertiary/aromatic N) is 1. The zero-order chi connectivity index (χ0) is 18.5. The van der Waals surface area contributed by atoms with Crippen LogP contribution >= 0.6 is 0 Å². The highest BCUT2D eigenvalue weighted by atomic mass is 16.5. The van der Waals surface area contributed by atoms with Gasteiger partial charge < -0.3 is 20.3 Å². The summed E-state index contributed by atoms with van der Waals surface area (Å²) in [7, 11) is 0. The zero-order valence-corrected chi connectivity index (χ0v) is 15.0. The molecule has 7 nitrogen and oxygen atoms in total. The van der Waals surface area contributed by atoms with Crippen molar-refractivity contribution in [3.63, 3.8) is 0 Å². The SMILES string of the molecule is CCC(=O)NCC1CCCN(C(=O)c2ccc3c(c2)OCC(=O)N3)CC1. The summed E-state index contributed by atoms with van der Waals surface area (Å²) in [6, 6.07) is 5.13. The average Bonchev–Trinajstić information content (AvgIpc) is 2.90. The van der Waals surface area contributed by atoms with Crippen LogP contribution in [-0.4, -0.2) is 48.9 Å². The fourth-order valence-electron chi connectivity index (χ4n) is 3.35. The Labute approximate surface area is 153 Å². The lowest BCUT2D eigenvalue weighted by Crippen LogP contribution is -2.33. The van der Waals surface area contributed by atoms with Crippen LogP contribution in [0.25, 0.3) is 0 Å². The Morgan fingerprint density at radius 1 is 1.31 bits per heavy atom. The molecule has 1 atom stereocenters. The number of ether oxygens (including phenoxy) is 1. The van der Waals surface area contributed by atoms with Crippen LogP contribution in [0.2, 0.25) is 0 Å². The number of anilines is 1. The molecule has 1 fully saturated rings. The molecule has 0 aromatic heterocycles. The van der Waals surface area contributed by atoms with Crippen molar-refractivity contribution < 1.29 is 19.1 Å². The van der Waals surface area contributed by atoms with Gasteiger partial charge in [0.15, 0.2) is 6.61 Å². The summed E-state index contributed by atoms with van der Waals surface area (Å²) in [5.41, 5.74) is 1.16. The lowest BCUT2D eigenvalue weighted by atomic mass is 10.0. The number of carbonyl (C=O) groups excluding carboxylic acids is 3. The minimum Gasteiger partial charge on any atom is -0.482 e. The summed E-state index contributed by atoms with van der Waals surface area (Å²) >= 11 is 0. The van der Waals surface area contributed by atoms with Gasteiger partial charge in [0.25, 0.3) is 11.8 Å². The second-order valence-corrected chi connectivity index (χ2v) is 6.79. The van der Waals surface area contributed by atoms with Gasteiger partial charge in [-0.05, 0) is 43.4 Å². The molecule has 0 radical (unpaired) electrons. The van der Waals surface area contributed by atoms with E-state index >= 15 is 0 Å². The molecule has 0 aliphatic carbocycles. The van der Waals surface area contributed by atoms with E-state index in [2.05, 4.69) is 10.6 Å². The number of likely N-dealkylation sites (tertiary alicyclic amines) is 1. The van der Waals surface area contributed by atoms with Crippen LogP contribution in [-0.2, 0) is 9.59 Å². The fourth-order valence-corrected chi connectivity index (χ4v) is 3.35. The molecule has 0 saturated carbocycles. The Morgan fingerprint density at radius 3 is 2.96 bits per heavy atom. The van der Waals surface area contributed by atoms with Crippen molar-refractivity contribution in [3.05, 3.63) is 23.8 Å². The molecule has 2 aliphatic heterocycles. The lowest BCUT2D eigenvalue weighted by Gasteiger charge is -2.23. The van der Waals surface area contributed by atoms with Crippen LogP contribution in [0.5, 0.6) is 5.75 Å². The van der Waals surface area contributed by atoms with Crippen molar-refractivity contribution in [3.8, 4) is 5.75 Å². The van der Waals surface area contributed by atoms with E-state index in [1.54, 1.807) is 18.2 Å². The van der Waals surface area contributed by atoms with E-state index in [-0.39, 0.29) is 24.3 Å². The van der Waals surface area contributed by atoms with Crippen LogP contribution in [0.15, 0.2) is 18.2 Å². The Kier molecular flexibility index (Phi) is 5.75. The van der Waals surface area contributed by atoms with E-state index in [0.717, 1.165) is 19.3 Å². The molecule has 1 aromatic carbocycles. The standard InChI is InChI=1S/C19H25N3O4/c1-2-17(23)20-11-13-4-3-8-22(9-7-13)19(25)14-5-6-15-16(10-14)26-12-18(24)21-15/h5-6,10,13H,2-4,7-9,11-12H2,1H3,(H,20,23)(H,21,24). The van der Waals surface area contributed by atoms with Gasteiger partial charge in [-0.1, -0.05) is 6.92 Å². The van der Waals surface area contributed by atoms with Crippen molar-refractivity contribution in [2.75, 3.05) is 31.6 Å². The number of amides is 3. The summed E-state index contributed by atoms with van der Waals surface area (Å²) in [6.07, 6.45) is 3.31. The predicted molar refractivity (Wildman–Crippen MR) is 97.1 cm³/mol. The summed E-state index contributed by atoms with van der Waals surface area (Å²) in [5.74, 6) is 0.802. The van der Waals surface area contributed by atoms with E-state index in [1.165, 1.54) is 0 Å². The minimum atomic E-state index is -0.190. The highest BCUT2D eigenvalue weighted by molar-refractivity contribution is 5.99. The first-order chi connectivity index (χ1) is 12.6. The molecule has 0 spiro atoms. The first kappa shape index (κ1) is 18.2. The van der Waals surface area contributed by atoms with E-state index in [4.69, 9.17) is 4.74 Å². The summed E-state index contributed by atoms with van der Waals surface area (Å²) in [6.45, 7) is 3.89. The molecular weight excluding hydrogens is 334 g/mol. The van der Waals surface area contributed by atoms with Crippen LogP contribution in [0.4, 0.5) is 5.69 Å². The van der Waals surface area contributed by atoms with Gasteiger partial charge in [0.2, 0.25) is 5.91 Å². The maximum Gasteiger partial charge on any atom is 0.262 e. The third-order valence-corrected chi connectivity index (χ3v) is 4.91. The molecule has 3 rings (SSSR count). The fraction of sp³-hybridized carbons (Fsp3) is 0.526. The number of hydrogen-bond donors (Lipinski definition) is 2. The number of carbonyl (C=O) groups is 3. The Bertz CT molecular complexity index is 704. The molecule has 1 saturated heterocycles. The van der Waals surface area contributed by atoms with Crippen molar-refractivity contribution >= 4 is 23.4 Å². The largest absolute Gasteiger partial charge is 0.482 e. The van der Waals surface area contributed by atoms with Gasteiger partial charge >= 0.3 is 0 Å². The van der Waals surface area contributed by atoms with E-state index < -0.39 is 0 Å². The lowest BCUT2D eigenvalue weighted by molar-refractivity contribution is -0.121. The Balaban J connectivity index is 1.60. The average molecular weight is 359 g/mol. The molecule has 2 aliphatic rings. The topological polar surface area (TPSA) is 87.7 Å². The molecule has 26 heavy (non-hydrogen) atoms. The molecule has 3 amide bonds. The van der Waals surface area contributed by atoms with Gasteiger partial charge in [0.05, 0.1) is 5.69 Å². The van der Waals surface area contributed by atoms with Crippen molar-refractivity contribution in [1.82, 2.24) is 10.2 Å². The molecule has 2 N–H and O–H groups in total. The molecule has 140 valence electrons. The number of fused-ring (bicyclic) bond motifs is 1. The molecular formula is C19H25N3O4. The summed E-state index contributed by atoms with van der Waals surface area (Å²) in [5, 5.41) is 5.68. The molecule has 0 bridgehead atoms. The van der Waals surface area contributed by atoms with Crippen molar-refractivity contribution in [2.24, 2.45) is 5.92 Å². The van der Waals surface area contributed by atoms with Gasteiger partial charge in [-0.15, -0.1) is 0 Å². The maximum absolute atomic E-state index is 12.8. The molecule has 2 heterocycles. The number of hydrogen-bond acceptors (Lipinski definition) is 4. The van der Waals surface area contributed by atoms with Crippen LogP contribution in [0, 0.1) is 5.92 Å². The Hall–Kier alpha value is -2.57. The zero-order valence-electron chi connectivity index (χ0n) is 15.0. The first-order valence-electron chi connectivity index (χ1n) is 9.19. The molecule has 1 aromatic rings. The first-order valence-corrected chi connectivity index (χ1v) is 9.19. The Morgan fingerprint density at radius 2 is 2.15 bits per heavy atom. The normalized spacial score (nSPS) is 19.7. The van der Waals surface area contributed by atoms with Crippen LogP contribution < -0.4 is 15.4 Å². The van der Waals surface area contributed by atoms with Crippen LogP contribution in [0.3, 0.4) is 0 Å². The van der Waals surface area contributed by atoms with Gasteiger partial charge in [0, 0.05) is 31.6 Å². The highest BCUT2D eigenvalue weighted by Crippen LogP contribution is 2.29. The highest BCUT2D eigenvalue weighted by Gasteiger charge is 2.24. The molecule has 7 heteroatoms. The van der Waals surface area contributed by atoms with Gasteiger partial charge in [-0.2, -0.15) is 0 Å². The number of nitrogens with one attached hydrogen (secondary N) is 2. The molecule has 1 unspecified atom stereocenters. The second kappa shape index (κ2) is 8.21. The van der Waals surface area contributed by atoms with E-state index in [1.807, 2.05) is 11.8 Å². The third-order valence-electron chi connectivity index (χ3n) is 4.91. The van der Waals surface area contributed by atoms with E-state index in [9.17, 15) is 14.4 Å². The second-order valence-electron chi connectivity index (χ2n) is 6.79. The minimum absolute atomic E-state index is 0.0217. The summed E-state index contributed by atoms with van der Waals surface area (Å²) < 4.78 is 5.40. The van der Waals surface area contributed by atoms with Crippen molar-refractivity contribution in [1.29, 1.82) is 0 Å². The monoisotopic (exact) mass is 359 g/mol.